The fraction of sp³-hybridized carbons (Fsp3) is 0.714. The number of nitrogens with zero attached hydrogens (tertiary/aromatic N) is 2. The molecule has 0 aromatic heterocycles. The van der Waals surface area contributed by atoms with E-state index in [4.69, 9.17) is 4.74 Å². The molecular weight excluding hydrogens is 350 g/mol. The molecular formula is C21H32F2N2O2. The van der Waals surface area contributed by atoms with Gasteiger partial charge in [-0.05, 0) is 37.6 Å². The third-order valence-corrected chi connectivity index (χ3v) is 5.96. The first-order valence-electron chi connectivity index (χ1n) is 10.1. The van der Waals surface area contributed by atoms with E-state index in [9.17, 15) is 13.9 Å². The van der Waals surface area contributed by atoms with Crippen molar-refractivity contribution in [2.24, 2.45) is 0 Å². The van der Waals surface area contributed by atoms with Gasteiger partial charge >= 0.3 is 6.11 Å². The summed E-state index contributed by atoms with van der Waals surface area (Å²) in [5, 5.41) is 11.5. The highest BCUT2D eigenvalue weighted by Crippen LogP contribution is 2.41. The van der Waals surface area contributed by atoms with Gasteiger partial charge in [-0.1, -0.05) is 31.4 Å². The molecule has 1 saturated carbocycles. The minimum atomic E-state index is -3.21. The molecule has 152 valence electrons. The van der Waals surface area contributed by atoms with Crippen molar-refractivity contribution in [3.8, 4) is 5.75 Å². The first-order valence-corrected chi connectivity index (χ1v) is 10.1. The molecule has 3 rings (SSSR count). The molecule has 0 unspecified atom stereocenters. The van der Waals surface area contributed by atoms with Crippen LogP contribution in [0.2, 0.25) is 0 Å². The van der Waals surface area contributed by atoms with Gasteiger partial charge in [-0.2, -0.15) is 8.78 Å². The summed E-state index contributed by atoms with van der Waals surface area (Å²) >= 11 is 0. The van der Waals surface area contributed by atoms with Crippen molar-refractivity contribution >= 4 is 0 Å². The monoisotopic (exact) mass is 382 g/mol. The Morgan fingerprint density at radius 3 is 2.44 bits per heavy atom. The van der Waals surface area contributed by atoms with Gasteiger partial charge in [0.25, 0.3) is 0 Å². The number of aliphatic hydroxyl groups is 1. The molecule has 0 spiro atoms. The Hall–Kier alpha value is -1.24. The van der Waals surface area contributed by atoms with Crippen LogP contribution in [0, 0.1) is 0 Å². The van der Waals surface area contributed by atoms with Gasteiger partial charge in [-0.3, -0.25) is 0 Å². The van der Waals surface area contributed by atoms with E-state index in [1.54, 1.807) is 18.2 Å². The minimum Gasteiger partial charge on any atom is -0.433 e. The van der Waals surface area contributed by atoms with Gasteiger partial charge in [0.05, 0.1) is 5.60 Å². The van der Waals surface area contributed by atoms with Gasteiger partial charge < -0.3 is 19.6 Å². The highest BCUT2D eigenvalue weighted by Gasteiger charge is 2.40. The molecule has 1 heterocycles. The average molecular weight is 382 g/mol. The van der Waals surface area contributed by atoms with Crippen LogP contribution in [-0.4, -0.2) is 66.4 Å². The summed E-state index contributed by atoms with van der Waals surface area (Å²) in [6.45, 7) is 5.44. The van der Waals surface area contributed by atoms with E-state index in [2.05, 4.69) is 16.8 Å². The maximum atomic E-state index is 13.3. The van der Waals surface area contributed by atoms with Gasteiger partial charge in [0.15, 0.2) is 0 Å². The van der Waals surface area contributed by atoms with E-state index < -0.39 is 11.7 Å². The second-order valence-corrected chi connectivity index (χ2v) is 8.30. The summed E-state index contributed by atoms with van der Waals surface area (Å²) in [7, 11) is 2.12. The molecule has 0 bridgehead atoms. The zero-order valence-electron chi connectivity index (χ0n) is 16.5. The molecule has 1 aromatic carbocycles. The number of hydrogen-bond acceptors (Lipinski definition) is 4. The summed E-state index contributed by atoms with van der Waals surface area (Å²) in [4.78, 5) is 4.69. The molecule has 2 fully saturated rings. The number of hydrogen-bond donors (Lipinski definition) is 1. The first kappa shape index (κ1) is 20.5. The molecule has 2 aliphatic rings. The topological polar surface area (TPSA) is 35.9 Å². The molecule has 1 saturated heterocycles. The van der Waals surface area contributed by atoms with Crippen LogP contribution in [0.15, 0.2) is 24.3 Å². The normalized spacial score (nSPS) is 23.1. The minimum absolute atomic E-state index is 0.102. The molecule has 1 aliphatic heterocycles. The summed E-state index contributed by atoms with van der Waals surface area (Å²) in [6, 6.07) is 6.93. The van der Waals surface area contributed by atoms with Gasteiger partial charge in [0.1, 0.15) is 5.75 Å². The van der Waals surface area contributed by atoms with Crippen molar-refractivity contribution in [3.63, 3.8) is 0 Å². The second-order valence-electron chi connectivity index (χ2n) is 8.30. The number of benzene rings is 1. The van der Waals surface area contributed by atoms with Crippen molar-refractivity contribution in [1.82, 2.24) is 9.80 Å². The third-order valence-electron chi connectivity index (χ3n) is 5.96. The van der Waals surface area contributed by atoms with Crippen LogP contribution in [0.3, 0.4) is 0 Å². The Bertz CT molecular complexity index is 606. The summed E-state index contributed by atoms with van der Waals surface area (Å²) < 4.78 is 31.4. The number of likely N-dealkylation sites (N-methyl/N-ethyl adjacent to an activating group) is 1. The maximum Gasteiger partial charge on any atom is 0.394 e. The number of rotatable bonds is 6. The van der Waals surface area contributed by atoms with E-state index in [1.165, 1.54) is 0 Å². The molecule has 1 aromatic rings. The number of ether oxygens (including phenoxy) is 1. The smallest absolute Gasteiger partial charge is 0.394 e. The lowest BCUT2D eigenvalue weighted by atomic mass is 9.72. The second kappa shape index (κ2) is 8.41. The van der Waals surface area contributed by atoms with Crippen molar-refractivity contribution in [2.75, 3.05) is 39.8 Å². The fourth-order valence-electron chi connectivity index (χ4n) is 4.39. The van der Waals surface area contributed by atoms with Crippen LogP contribution in [0.1, 0.15) is 50.5 Å². The van der Waals surface area contributed by atoms with E-state index in [-0.39, 0.29) is 11.7 Å². The number of piperazine rings is 1. The highest BCUT2D eigenvalue weighted by atomic mass is 19.3. The Morgan fingerprint density at radius 2 is 1.81 bits per heavy atom. The standard InChI is InChI=1S/C21H32F2N2O2/c1-20(22,23)27-18-8-6-7-17(15-18)19(21(26)9-4-3-5-10-21)16-25-13-11-24(2)12-14-25/h6-8,15,19,26H,3-5,9-14,16H2,1-2H3/t19-/m1/s1. The zero-order chi connectivity index (χ0) is 19.5. The van der Waals surface area contributed by atoms with Gasteiger partial charge in [-0.15, -0.1) is 0 Å². The largest absolute Gasteiger partial charge is 0.433 e. The van der Waals surface area contributed by atoms with Crippen LogP contribution in [-0.2, 0) is 0 Å². The Balaban J connectivity index is 1.84. The van der Waals surface area contributed by atoms with Crippen LogP contribution in [0.25, 0.3) is 0 Å². The molecule has 1 atom stereocenters. The van der Waals surface area contributed by atoms with Crippen LogP contribution in [0.4, 0.5) is 8.78 Å². The van der Waals surface area contributed by atoms with Gasteiger partial charge in [-0.25, -0.2) is 0 Å². The van der Waals surface area contributed by atoms with Crippen LogP contribution < -0.4 is 4.74 Å². The Labute approximate surface area is 161 Å². The average Bonchev–Trinajstić information content (AvgIpc) is 2.60. The quantitative estimate of drug-likeness (QED) is 0.814. The molecule has 1 aliphatic carbocycles. The van der Waals surface area contributed by atoms with Gasteiger partial charge in [0, 0.05) is 45.6 Å². The predicted molar refractivity (Wildman–Crippen MR) is 102 cm³/mol. The predicted octanol–water partition coefficient (Wildman–Crippen LogP) is 3.70. The van der Waals surface area contributed by atoms with Crippen LogP contribution in [0.5, 0.6) is 5.75 Å². The first-order chi connectivity index (χ1) is 12.8. The number of halogens is 2. The Morgan fingerprint density at radius 1 is 1.15 bits per heavy atom. The molecule has 4 nitrogen and oxygen atoms in total. The fourth-order valence-corrected chi connectivity index (χ4v) is 4.39. The van der Waals surface area contributed by atoms with Crippen molar-refractivity contribution in [3.05, 3.63) is 29.8 Å². The number of alkyl halides is 2. The third kappa shape index (κ3) is 5.62. The summed E-state index contributed by atoms with van der Waals surface area (Å²) in [5.41, 5.74) is 0.106. The summed E-state index contributed by atoms with van der Waals surface area (Å²) in [5.74, 6) is 0.0537. The van der Waals surface area contributed by atoms with Crippen molar-refractivity contribution in [1.29, 1.82) is 0 Å². The molecule has 1 N–H and O–H groups in total. The van der Waals surface area contributed by atoms with E-state index in [1.807, 2.05) is 6.07 Å². The van der Waals surface area contributed by atoms with E-state index in [0.29, 0.717) is 0 Å². The summed E-state index contributed by atoms with van der Waals surface area (Å²) in [6.07, 6.45) is 1.49. The van der Waals surface area contributed by atoms with Crippen LogP contribution >= 0.6 is 0 Å². The van der Waals surface area contributed by atoms with Crippen molar-refractivity contribution in [2.45, 2.75) is 56.7 Å². The lowest BCUT2D eigenvalue weighted by molar-refractivity contribution is -0.159. The lowest BCUT2D eigenvalue weighted by Crippen LogP contribution is -2.50. The van der Waals surface area contributed by atoms with Crippen molar-refractivity contribution < 1.29 is 18.6 Å². The van der Waals surface area contributed by atoms with E-state index in [0.717, 1.165) is 77.3 Å². The zero-order valence-corrected chi connectivity index (χ0v) is 16.5. The Kier molecular flexibility index (Phi) is 6.39. The SMILES string of the molecule is CN1CCN(C[C@H](c2cccc(OC(C)(F)F)c2)C2(O)CCCCC2)CC1. The maximum absolute atomic E-state index is 13.3. The van der Waals surface area contributed by atoms with Gasteiger partial charge in [0.2, 0.25) is 0 Å². The molecule has 6 heteroatoms. The molecule has 0 amide bonds. The lowest BCUT2D eigenvalue weighted by Gasteiger charge is -2.43. The highest BCUT2D eigenvalue weighted by molar-refractivity contribution is 5.33. The molecule has 27 heavy (non-hydrogen) atoms. The van der Waals surface area contributed by atoms with E-state index >= 15 is 0 Å². The molecule has 0 radical (unpaired) electrons.